The molecule has 0 bridgehead atoms. The van der Waals surface area contributed by atoms with E-state index < -0.39 is 16.4 Å². The highest BCUT2D eigenvalue weighted by Gasteiger charge is 2.23. The highest BCUT2D eigenvalue weighted by Crippen LogP contribution is 2.10. The maximum Gasteiger partial charge on any atom is 0.317 e. The summed E-state index contributed by atoms with van der Waals surface area (Å²) in [5.74, 6) is 0. The first kappa shape index (κ1) is 18.6. The number of amides is 2. The van der Waals surface area contributed by atoms with Gasteiger partial charge in [-0.2, -0.15) is 0 Å². The summed E-state index contributed by atoms with van der Waals surface area (Å²) in [5.41, 5.74) is 0.0136. The monoisotopic (exact) mass is 326 g/mol. The van der Waals surface area contributed by atoms with Crippen LogP contribution in [0.25, 0.3) is 0 Å². The third kappa shape index (κ3) is 7.04. The van der Waals surface area contributed by atoms with Crippen LogP contribution in [0.1, 0.15) is 26.3 Å². The van der Waals surface area contributed by atoms with E-state index >= 15 is 0 Å². The van der Waals surface area contributed by atoms with E-state index in [1.807, 2.05) is 37.3 Å². The van der Waals surface area contributed by atoms with E-state index in [1.165, 1.54) is 0 Å². The maximum atomic E-state index is 12.4. The van der Waals surface area contributed by atoms with Gasteiger partial charge >= 0.3 is 6.03 Å². The van der Waals surface area contributed by atoms with Crippen molar-refractivity contribution in [1.29, 1.82) is 0 Å². The Balaban J connectivity index is 2.72. The van der Waals surface area contributed by atoms with Gasteiger partial charge in [0.05, 0.1) is 12.1 Å². The van der Waals surface area contributed by atoms with Crippen molar-refractivity contribution in [1.82, 2.24) is 10.2 Å². The van der Waals surface area contributed by atoms with Crippen LogP contribution in [0.15, 0.2) is 30.3 Å². The Labute approximate surface area is 135 Å². The molecule has 0 saturated carbocycles. The van der Waals surface area contributed by atoms with Crippen molar-refractivity contribution < 1.29 is 14.1 Å². The first-order valence-corrected chi connectivity index (χ1v) is 8.92. The summed E-state index contributed by atoms with van der Waals surface area (Å²) in [6, 6.07) is 9.36. The van der Waals surface area contributed by atoms with Crippen molar-refractivity contribution in [3.05, 3.63) is 35.9 Å². The van der Waals surface area contributed by atoms with E-state index in [0.29, 0.717) is 13.1 Å². The van der Waals surface area contributed by atoms with Crippen LogP contribution < -0.4 is 5.32 Å². The van der Waals surface area contributed by atoms with E-state index in [0.717, 1.165) is 5.56 Å². The number of benzene rings is 1. The van der Waals surface area contributed by atoms with Gasteiger partial charge in [-0.3, -0.25) is 4.21 Å². The van der Waals surface area contributed by atoms with Gasteiger partial charge in [0.2, 0.25) is 0 Å². The average Bonchev–Trinajstić information content (AvgIpc) is 2.43. The van der Waals surface area contributed by atoms with Crippen molar-refractivity contribution >= 4 is 16.8 Å². The van der Waals surface area contributed by atoms with Crippen LogP contribution in [-0.4, -0.2) is 50.4 Å². The molecule has 0 aliphatic heterocycles. The zero-order chi connectivity index (χ0) is 16.8. The summed E-state index contributed by atoms with van der Waals surface area (Å²) in [6.07, 6.45) is 1.62. The van der Waals surface area contributed by atoms with Gasteiger partial charge in [0.15, 0.2) is 0 Å². The Bertz CT molecular complexity index is 500. The number of nitrogens with zero attached hydrogens (tertiary/aromatic N) is 1. The number of carbonyl (C=O) groups is 1. The molecule has 6 heteroatoms. The quantitative estimate of drug-likeness (QED) is 0.802. The van der Waals surface area contributed by atoms with E-state index in [-0.39, 0.29) is 17.8 Å². The molecule has 0 spiro atoms. The lowest BCUT2D eigenvalue weighted by molar-refractivity contribution is 0.0447. The molecule has 124 valence electrons. The Morgan fingerprint density at radius 2 is 1.95 bits per heavy atom. The number of carbonyl (C=O) groups excluding carboxylic acids is 1. The molecule has 1 aromatic carbocycles. The minimum absolute atomic E-state index is 0.107. The van der Waals surface area contributed by atoms with Gasteiger partial charge in [-0.25, -0.2) is 4.79 Å². The Morgan fingerprint density at radius 1 is 1.36 bits per heavy atom. The smallest absolute Gasteiger partial charge is 0.317 e. The van der Waals surface area contributed by atoms with Crippen LogP contribution in [0.3, 0.4) is 0 Å². The van der Waals surface area contributed by atoms with E-state index in [1.54, 1.807) is 25.0 Å². The molecular formula is C16H26N2O3S. The second-order valence-corrected chi connectivity index (χ2v) is 7.95. The minimum atomic E-state index is -0.981. The predicted molar refractivity (Wildman–Crippen MR) is 90.1 cm³/mol. The highest BCUT2D eigenvalue weighted by atomic mass is 32.2. The lowest BCUT2D eigenvalue weighted by Crippen LogP contribution is -2.48. The molecule has 2 unspecified atom stereocenters. The molecule has 1 aromatic rings. The summed E-state index contributed by atoms with van der Waals surface area (Å²) in [4.78, 5) is 13.9. The van der Waals surface area contributed by atoms with E-state index in [9.17, 15) is 14.1 Å². The summed E-state index contributed by atoms with van der Waals surface area (Å²) in [5, 5.41) is 12.7. The van der Waals surface area contributed by atoms with Gasteiger partial charge in [-0.1, -0.05) is 30.3 Å². The minimum Gasteiger partial charge on any atom is -0.389 e. The molecule has 5 nitrogen and oxygen atoms in total. The lowest BCUT2D eigenvalue weighted by atomic mass is 10.1. The number of hydrogen-bond donors (Lipinski definition) is 2. The first-order chi connectivity index (χ1) is 10.2. The molecule has 0 aliphatic rings. The van der Waals surface area contributed by atoms with Crippen molar-refractivity contribution in [2.45, 2.75) is 38.2 Å². The molecule has 0 fully saturated rings. The number of hydrogen-bond acceptors (Lipinski definition) is 3. The number of urea groups is 1. The third-order valence-electron chi connectivity index (χ3n) is 3.19. The molecule has 2 N–H and O–H groups in total. The molecular weight excluding hydrogens is 300 g/mol. The number of nitrogens with one attached hydrogen (secondary N) is 1. The fourth-order valence-electron chi connectivity index (χ4n) is 1.93. The van der Waals surface area contributed by atoms with Crippen molar-refractivity contribution in [2.75, 3.05) is 19.3 Å². The van der Waals surface area contributed by atoms with Gasteiger partial charge in [0.1, 0.15) is 0 Å². The SMILES string of the molecule is CC(CNC(=O)N(Cc1ccccc1)CC(C)(C)O)S(C)=O. The third-order valence-corrected chi connectivity index (χ3v) is 4.49. The summed E-state index contributed by atoms with van der Waals surface area (Å²) in [6.45, 7) is 6.15. The van der Waals surface area contributed by atoms with E-state index in [4.69, 9.17) is 0 Å². The standard InChI is InChI=1S/C16H26N2O3S/c1-13(22(4)21)10-17-15(19)18(12-16(2,3)20)11-14-8-6-5-7-9-14/h5-9,13,20H,10-12H2,1-4H3,(H,17,19). The van der Waals surface area contributed by atoms with E-state index in [2.05, 4.69) is 5.32 Å². The first-order valence-electron chi connectivity index (χ1n) is 7.30. The molecule has 22 heavy (non-hydrogen) atoms. The molecule has 1 rings (SSSR count). The molecule has 2 atom stereocenters. The number of aliphatic hydroxyl groups is 1. The van der Waals surface area contributed by atoms with Gasteiger partial charge in [-0.15, -0.1) is 0 Å². The average molecular weight is 326 g/mol. The fraction of sp³-hybridized carbons (Fsp3) is 0.562. The van der Waals surface area contributed by atoms with Crippen LogP contribution in [0.4, 0.5) is 4.79 Å². The summed E-state index contributed by atoms with van der Waals surface area (Å²) < 4.78 is 11.4. The van der Waals surface area contributed by atoms with Gasteiger partial charge in [0, 0.05) is 35.4 Å². The summed E-state index contributed by atoms with van der Waals surface area (Å²) in [7, 11) is -0.980. The van der Waals surface area contributed by atoms with Crippen LogP contribution in [-0.2, 0) is 17.3 Å². The second kappa shape index (κ2) is 8.29. The zero-order valence-electron chi connectivity index (χ0n) is 13.7. The number of rotatable bonds is 7. The maximum absolute atomic E-state index is 12.4. The zero-order valence-corrected chi connectivity index (χ0v) is 14.5. The Morgan fingerprint density at radius 3 is 2.45 bits per heavy atom. The topological polar surface area (TPSA) is 69.6 Å². The second-order valence-electron chi connectivity index (χ2n) is 6.15. The van der Waals surface area contributed by atoms with Crippen LogP contribution in [0, 0.1) is 0 Å². The molecule has 0 heterocycles. The van der Waals surface area contributed by atoms with Gasteiger partial charge in [0.25, 0.3) is 0 Å². The van der Waals surface area contributed by atoms with Crippen molar-refractivity contribution in [2.24, 2.45) is 0 Å². The molecule has 0 aliphatic carbocycles. The highest BCUT2D eigenvalue weighted by molar-refractivity contribution is 7.84. The molecule has 0 aromatic heterocycles. The predicted octanol–water partition coefficient (Wildman–Crippen LogP) is 1.74. The Kier molecular flexibility index (Phi) is 7.03. The Hall–Kier alpha value is -1.40. The lowest BCUT2D eigenvalue weighted by Gasteiger charge is -2.29. The van der Waals surface area contributed by atoms with Crippen LogP contribution in [0.2, 0.25) is 0 Å². The molecule has 0 radical (unpaired) electrons. The normalized spacial score (nSPS) is 14.2. The van der Waals surface area contributed by atoms with Crippen LogP contribution in [0.5, 0.6) is 0 Å². The van der Waals surface area contributed by atoms with Crippen molar-refractivity contribution in [3.63, 3.8) is 0 Å². The largest absolute Gasteiger partial charge is 0.389 e. The van der Waals surface area contributed by atoms with Gasteiger partial charge in [-0.05, 0) is 26.3 Å². The molecule has 0 saturated heterocycles. The van der Waals surface area contributed by atoms with Crippen LogP contribution >= 0.6 is 0 Å². The molecule has 2 amide bonds. The van der Waals surface area contributed by atoms with Crippen molar-refractivity contribution in [3.8, 4) is 0 Å². The van der Waals surface area contributed by atoms with Gasteiger partial charge < -0.3 is 15.3 Å². The fourth-order valence-corrected chi connectivity index (χ4v) is 2.25. The summed E-state index contributed by atoms with van der Waals surface area (Å²) >= 11 is 0.